The van der Waals surface area contributed by atoms with Gasteiger partial charge < -0.3 is 5.73 Å². The summed E-state index contributed by atoms with van der Waals surface area (Å²) in [5.41, 5.74) is 7.68. The van der Waals surface area contributed by atoms with Gasteiger partial charge in [0.2, 0.25) is 5.95 Å². The quantitative estimate of drug-likeness (QED) is 0.834. The SMILES string of the molecule is Cc1cc(C)nc(NC(=O)c2cc(Cl)c(N)c(Cl)c2)n1. The summed E-state index contributed by atoms with van der Waals surface area (Å²) in [5.74, 6) is -0.171. The molecule has 0 aliphatic carbocycles. The number of nitrogens with zero attached hydrogens (tertiary/aromatic N) is 2. The highest BCUT2D eigenvalue weighted by atomic mass is 35.5. The van der Waals surface area contributed by atoms with Gasteiger partial charge in [0.1, 0.15) is 0 Å². The molecule has 0 saturated heterocycles. The molecule has 0 saturated carbocycles. The third kappa shape index (κ3) is 3.18. The maximum Gasteiger partial charge on any atom is 0.258 e. The van der Waals surface area contributed by atoms with Crippen molar-refractivity contribution in [3.63, 3.8) is 0 Å². The Morgan fingerprint density at radius 3 is 2.10 bits per heavy atom. The molecule has 0 fully saturated rings. The molecule has 20 heavy (non-hydrogen) atoms. The van der Waals surface area contributed by atoms with Gasteiger partial charge in [-0.25, -0.2) is 9.97 Å². The monoisotopic (exact) mass is 310 g/mol. The Bertz CT molecular complexity index is 645. The van der Waals surface area contributed by atoms with E-state index in [9.17, 15) is 4.79 Å². The first-order valence-electron chi connectivity index (χ1n) is 5.75. The minimum Gasteiger partial charge on any atom is -0.396 e. The van der Waals surface area contributed by atoms with Crippen molar-refractivity contribution < 1.29 is 4.79 Å². The number of amides is 1. The van der Waals surface area contributed by atoms with Crippen molar-refractivity contribution in [2.24, 2.45) is 0 Å². The van der Waals surface area contributed by atoms with E-state index < -0.39 is 5.91 Å². The molecule has 0 unspecified atom stereocenters. The van der Waals surface area contributed by atoms with E-state index in [0.29, 0.717) is 0 Å². The summed E-state index contributed by atoms with van der Waals surface area (Å²) in [7, 11) is 0. The standard InChI is InChI=1S/C13H12Cl2N4O/c1-6-3-7(2)18-13(17-6)19-12(20)8-4-9(14)11(16)10(15)5-8/h3-5H,16H2,1-2H3,(H,17,18,19,20). The third-order valence-corrected chi connectivity index (χ3v) is 3.17. The van der Waals surface area contributed by atoms with E-state index in [-0.39, 0.29) is 27.2 Å². The lowest BCUT2D eigenvalue weighted by atomic mass is 10.2. The highest BCUT2D eigenvalue weighted by Crippen LogP contribution is 2.29. The van der Waals surface area contributed by atoms with Crippen LogP contribution in [0.2, 0.25) is 10.0 Å². The van der Waals surface area contributed by atoms with Gasteiger partial charge in [0.15, 0.2) is 0 Å². The Morgan fingerprint density at radius 2 is 1.60 bits per heavy atom. The van der Waals surface area contributed by atoms with Gasteiger partial charge >= 0.3 is 0 Å². The fourth-order valence-electron chi connectivity index (χ4n) is 1.67. The van der Waals surface area contributed by atoms with Crippen LogP contribution in [0.1, 0.15) is 21.7 Å². The van der Waals surface area contributed by atoms with Crippen molar-refractivity contribution >= 4 is 40.7 Å². The number of aromatic nitrogens is 2. The summed E-state index contributed by atoms with van der Waals surface area (Å²) in [5, 5.41) is 3.05. The van der Waals surface area contributed by atoms with Crippen molar-refractivity contribution in [2.45, 2.75) is 13.8 Å². The minimum absolute atomic E-state index is 0.226. The van der Waals surface area contributed by atoms with E-state index in [2.05, 4.69) is 15.3 Å². The highest BCUT2D eigenvalue weighted by Gasteiger charge is 2.13. The second-order valence-electron chi connectivity index (χ2n) is 4.28. The number of nitrogens with two attached hydrogens (primary N) is 1. The Hall–Kier alpha value is -1.85. The molecule has 0 bridgehead atoms. The largest absolute Gasteiger partial charge is 0.396 e. The van der Waals surface area contributed by atoms with Gasteiger partial charge in [0.05, 0.1) is 15.7 Å². The lowest BCUT2D eigenvalue weighted by Gasteiger charge is -2.08. The Balaban J connectivity index is 2.28. The van der Waals surface area contributed by atoms with Crippen LogP contribution in [0.15, 0.2) is 18.2 Å². The number of anilines is 2. The van der Waals surface area contributed by atoms with Crippen LogP contribution in [0, 0.1) is 13.8 Å². The number of benzene rings is 1. The highest BCUT2D eigenvalue weighted by molar-refractivity contribution is 6.39. The Morgan fingerprint density at radius 1 is 1.10 bits per heavy atom. The van der Waals surface area contributed by atoms with Gasteiger partial charge in [-0.05, 0) is 32.0 Å². The molecular weight excluding hydrogens is 299 g/mol. The fourth-order valence-corrected chi connectivity index (χ4v) is 2.16. The summed E-state index contributed by atoms with van der Waals surface area (Å²) in [6.07, 6.45) is 0. The Labute approximate surface area is 126 Å². The van der Waals surface area contributed by atoms with Crippen LogP contribution in [0.4, 0.5) is 11.6 Å². The molecule has 1 aromatic heterocycles. The molecular formula is C13H12Cl2N4O. The second kappa shape index (κ2) is 5.64. The normalized spacial score (nSPS) is 10.4. The van der Waals surface area contributed by atoms with Crippen LogP contribution in [0.25, 0.3) is 0 Å². The van der Waals surface area contributed by atoms with Crippen molar-refractivity contribution in [1.29, 1.82) is 0 Å². The molecule has 0 radical (unpaired) electrons. The van der Waals surface area contributed by atoms with Gasteiger partial charge in [-0.1, -0.05) is 23.2 Å². The predicted molar refractivity (Wildman–Crippen MR) is 80.3 cm³/mol. The number of aryl methyl sites for hydroxylation is 2. The molecule has 0 atom stereocenters. The zero-order valence-corrected chi connectivity index (χ0v) is 12.4. The van der Waals surface area contributed by atoms with Crippen molar-refractivity contribution in [2.75, 3.05) is 11.1 Å². The average Bonchev–Trinajstić information content (AvgIpc) is 2.33. The molecule has 104 valence electrons. The number of carbonyl (C=O) groups is 1. The van der Waals surface area contributed by atoms with E-state index in [0.717, 1.165) is 11.4 Å². The van der Waals surface area contributed by atoms with E-state index in [1.807, 2.05) is 19.9 Å². The van der Waals surface area contributed by atoms with Crippen LogP contribution >= 0.6 is 23.2 Å². The van der Waals surface area contributed by atoms with Crippen molar-refractivity contribution in [3.8, 4) is 0 Å². The van der Waals surface area contributed by atoms with Gasteiger partial charge in [0.25, 0.3) is 5.91 Å². The molecule has 0 aliphatic rings. The second-order valence-corrected chi connectivity index (χ2v) is 5.10. The first-order valence-corrected chi connectivity index (χ1v) is 6.50. The molecule has 7 heteroatoms. The lowest BCUT2D eigenvalue weighted by Crippen LogP contribution is -2.15. The topological polar surface area (TPSA) is 80.9 Å². The first kappa shape index (κ1) is 14.6. The molecule has 1 amide bonds. The van der Waals surface area contributed by atoms with Gasteiger partial charge in [0, 0.05) is 17.0 Å². The summed E-state index contributed by atoms with van der Waals surface area (Å²) in [6.45, 7) is 3.64. The number of carbonyl (C=O) groups excluding carboxylic acids is 1. The van der Waals surface area contributed by atoms with Gasteiger partial charge in [-0.2, -0.15) is 0 Å². The van der Waals surface area contributed by atoms with Crippen LogP contribution in [-0.2, 0) is 0 Å². The van der Waals surface area contributed by atoms with E-state index >= 15 is 0 Å². The summed E-state index contributed by atoms with van der Waals surface area (Å²) >= 11 is 11.8. The summed E-state index contributed by atoms with van der Waals surface area (Å²) in [4.78, 5) is 20.4. The minimum atomic E-state index is -0.404. The van der Waals surface area contributed by atoms with Crippen molar-refractivity contribution in [1.82, 2.24) is 9.97 Å². The molecule has 3 N–H and O–H groups in total. The zero-order valence-electron chi connectivity index (χ0n) is 10.9. The maximum absolute atomic E-state index is 12.1. The number of nitrogens with one attached hydrogen (secondary N) is 1. The van der Waals surface area contributed by atoms with Crippen LogP contribution in [0.3, 0.4) is 0 Å². The van der Waals surface area contributed by atoms with E-state index in [4.69, 9.17) is 28.9 Å². The predicted octanol–water partition coefficient (Wildman–Crippen LogP) is 3.23. The summed E-state index contributed by atoms with van der Waals surface area (Å²) in [6, 6.07) is 4.70. The van der Waals surface area contributed by atoms with Crippen LogP contribution < -0.4 is 11.1 Å². The van der Waals surface area contributed by atoms with Crippen molar-refractivity contribution in [3.05, 3.63) is 45.2 Å². The Kier molecular flexibility index (Phi) is 4.11. The number of halogens is 2. The number of hydrogen-bond acceptors (Lipinski definition) is 4. The molecule has 1 aromatic carbocycles. The average molecular weight is 311 g/mol. The van der Waals surface area contributed by atoms with Crippen LogP contribution in [-0.4, -0.2) is 15.9 Å². The molecule has 5 nitrogen and oxygen atoms in total. The fraction of sp³-hybridized carbons (Fsp3) is 0.154. The smallest absolute Gasteiger partial charge is 0.258 e. The number of hydrogen-bond donors (Lipinski definition) is 2. The molecule has 2 aromatic rings. The number of nitrogen functional groups attached to an aromatic ring is 1. The molecule has 0 spiro atoms. The van der Waals surface area contributed by atoms with E-state index in [1.54, 1.807) is 0 Å². The molecule has 2 rings (SSSR count). The van der Waals surface area contributed by atoms with Crippen LogP contribution in [0.5, 0.6) is 0 Å². The van der Waals surface area contributed by atoms with Gasteiger partial charge in [-0.15, -0.1) is 0 Å². The summed E-state index contributed by atoms with van der Waals surface area (Å²) < 4.78 is 0. The third-order valence-electron chi connectivity index (χ3n) is 2.55. The molecule has 0 aliphatic heterocycles. The zero-order chi connectivity index (χ0) is 14.9. The lowest BCUT2D eigenvalue weighted by molar-refractivity contribution is 0.102. The van der Waals surface area contributed by atoms with Gasteiger partial charge in [-0.3, -0.25) is 10.1 Å². The number of rotatable bonds is 2. The first-order chi connectivity index (χ1) is 9.36. The maximum atomic E-state index is 12.1. The molecule has 1 heterocycles. The van der Waals surface area contributed by atoms with E-state index in [1.165, 1.54) is 12.1 Å².